The van der Waals surface area contributed by atoms with Gasteiger partial charge in [0.05, 0.1) is 10.9 Å². The van der Waals surface area contributed by atoms with Crippen molar-refractivity contribution in [3.8, 4) is 0 Å². The lowest BCUT2D eigenvalue weighted by Gasteiger charge is -2.09. The predicted molar refractivity (Wildman–Crippen MR) is 86.3 cm³/mol. The Bertz CT molecular complexity index is 958. The highest BCUT2D eigenvalue weighted by Gasteiger charge is 2.19. The number of carbonyl (C=O) groups is 2. The average Bonchev–Trinajstić information content (AvgIpc) is 3.12. The lowest BCUT2D eigenvalue weighted by molar-refractivity contribution is -0.116. The van der Waals surface area contributed by atoms with Gasteiger partial charge in [-0.05, 0) is 6.92 Å². The molecule has 0 aliphatic rings. The molecule has 0 aliphatic carbocycles. The minimum Gasteiger partial charge on any atom is -0.478 e. The Kier molecular flexibility index (Phi) is 3.92. The van der Waals surface area contributed by atoms with Gasteiger partial charge in [-0.25, -0.2) is 14.8 Å². The number of hydrogen-bond donors (Lipinski definition) is 2. The van der Waals surface area contributed by atoms with E-state index in [1.54, 1.807) is 18.5 Å². The second-order valence-corrected chi connectivity index (χ2v) is 6.32. The molecule has 0 fully saturated rings. The third kappa shape index (κ3) is 2.85. The summed E-state index contributed by atoms with van der Waals surface area (Å²) in [5.41, 5.74) is -0.642. The molecule has 3 heterocycles. The van der Waals surface area contributed by atoms with Crippen LogP contribution in [0, 0.1) is 6.92 Å². The third-order valence-corrected chi connectivity index (χ3v) is 4.66. The van der Waals surface area contributed by atoms with Crippen molar-refractivity contribution >= 4 is 49.9 Å². The number of aromatic carboxylic acids is 1. The number of carbonyl (C=O) groups excluding carboxylic acids is 1. The normalized spacial score (nSPS) is 10.8. The average molecular weight is 350 g/mol. The first-order chi connectivity index (χ1) is 11.0. The monoisotopic (exact) mass is 350 g/mol. The van der Waals surface area contributed by atoms with Gasteiger partial charge < -0.3 is 10.4 Å². The van der Waals surface area contributed by atoms with Gasteiger partial charge in [-0.1, -0.05) is 0 Å². The topological polar surface area (TPSA) is 114 Å². The van der Waals surface area contributed by atoms with E-state index in [0.29, 0.717) is 15.8 Å². The fourth-order valence-corrected chi connectivity index (χ4v) is 3.55. The van der Waals surface area contributed by atoms with E-state index >= 15 is 0 Å². The number of nitrogens with one attached hydrogen (secondary N) is 1. The van der Waals surface area contributed by atoms with Crippen LogP contribution in [0.25, 0.3) is 10.2 Å². The molecule has 3 aromatic rings. The summed E-state index contributed by atoms with van der Waals surface area (Å²) in [6, 6.07) is 0. The van der Waals surface area contributed by atoms with Crippen LogP contribution in [0.15, 0.2) is 21.8 Å². The quantitative estimate of drug-likeness (QED) is 0.738. The molecule has 3 rings (SSSR count). The summed E-state index contributed by atoms with van der Waals surface area (Å²) in [5.74, 6) is -1.29. The van der Waals surface area contributed by atoms with Crippen LogP contribution in [0.2, 0.25) is 0 Å². The van der Waals surface area contributed by atoms with Crippen LogP contribution >= 0.6 is 22.7 Å². The molecule has 0 radical (unpaired) electrons. The van der Waals surface area contributed by atoms with E-state index in [4.69, 9.17) is 5.11 Å². The van der Waals surface area contributed by atoms with Crippen molar-refractivity contribution in [2.45, 2.75) is 13.5 Å². The minimum atomic E-state index is -1.20. The van der Waals surface area contributed by atoms with Gasteiger partial charge in [-0.15, -0.1) is 22.7 Å². The highest BCUT2D eigenvalue weighted by atomic mass is 32.1. The van der Waals surface area contributed by atoms with Crippen LogP contribution in [0.3, 0.4) is 0 Å². The van der Waals surface area contributed by atoms with Crippen LogP contribution in [-0.4, -0.2) is 31.5 Å². The molecule has 0 bridgehead atoms. The Morgan fingerprint density at radius 3 is 2.83 bits per heavy atom. The number of fused-ring (bicyclic) bond motifs is 1. The van der Waals surface area contributed by atoms with Gasteiger partial charge in [-0.3, -0.25) is 14.2 Å². The Balaban J connectivity index is 2.00. The van der Waals surface area contributed by atoms with Crippen molar-refractivity contribution < 1.29 is 14.7 Å². The van der Waals surface area contributed by atoms with Crippen molar-refractivity contribution in [2.75, 3.05) is 5.32 Å². The van der Waals surface area contributed by atoms with Crippen molar-refractivity contribution in [2.24, 2.45) is 0 Å². The number of hydrogen-bond acceptors (Lipinski definition) is 7. The van der Waals surface area contributed by atoms with Gasteiger partial charge in [-0.2, -0.15) is 0 Å². The number of amides is 1. The summed E-state index contributed by atoms with van der Waals surface area (Å²) in [5, 5.41) is 15.3. The van der Waals surface area contributed by atoms with Gasteiger partial charge >= 0.3 is 5.97 Å². The molecule has 0 spiro atoms. The fourth-order valence-electron chi connectivity index (χ4n) is 2.06. The van der Waals surface area contributed by atoms with Gasteiger partial charge in [0, 0.05) is 17.0 Å². The molecule has 0 aromatic carbocycles. The van der Waals surface area contributed by atoms with Crippen molar-refractivity contribution in [3.05, 3.63) is 38.7 Å². The lowest BCUT2D eigenvalue weighted by atomic mass is 10.2. The zero-order valence-electron chi connectivity index (χ0n) is 11.8. The van der Waals surface area contributed by atoms with E-state index in [0.717, 1.165) is 15.9 Å². The Morgan fingerprint density at radius 1 is 1.39 bits per heavy atom. The third-order valence-electron chi connectivity index (χ3n) is 3.10. The summed E-state index contributed by atoms with van der Waals surface area (Å²) in [6.07, 6.45) is 1.55. The number of carboxylic acid groups (broad SMARTS) is 1. The molecule has 0 saturated carbocycles. The number of thiophene rings is 1. The predicted octanol–water partition coefficient (Wildman–Crippen LogP) is 1.56. The Labute approximate surface area is 137 Å². The van der Waals surface area contributed by atoms with E-state index in [2.05, 4.69) is 15.3 Å². The molecule has 118 valence electrons. The van der Waals surface area contributed by atoms with E-state index in [1.165, 1.54) is 16.7 Å². The molecular formula is C13H10N4O4S2. The molecule has 0 atom stereocenters. The van der Waals surface area contributed by atoms with Gasteiger partial charge in [0.1, 0.15) is 17.2 Å². The second-order valence-electron chi connectivity index (χ2n) is 4.57. The Morgan fingerprint density at radius 2 is 2.17 bits per heavy atom. The largest absolute Gasteiger partial charge is 0.478 e. The standard InChI is InChI=1S/C13H10N4O4S2/c1-6-15-10-9(7(5-23-10)12(20)21)11(19)17(6)4-8(18)16-13-14-2-3-22-13/h2-3,5H,4H2,1H3,(H,20,21)(H,14,16,18). The molecule has 0 aliphatic heterocycles. The van der Waals surface area contributed by atoms with Gasteiger partial charge in [0.2, 0.25) is 5.91 Å². The number of nitrogens with zero attached hydrogens (tertiary/aromatic N) is 3. The first kappa shape index (κ1) is 15.3. The van der Waals surface area contributed by atoms with Crippen LogP contribution in [0.5, 0.6) is 0 Å². The van der Waals surface area contributed by atoms with Crippen LogP contribution in [0.4, 0.5) is 5.13 Å². The summed E-state index contributed by atoms with van der Waals surface area (Å²) in [4.78, 5) is 44.3. The molecule has 23 heavy (non-hydrogen) atoms. The number of carboxylic acids is 1. The van der Waals surface area contributed by atoms with Crippen molar-refractivity contribution in [1.82, 2.24) is 14.5 Å². The molecule has 0 saturated heterocycles. The first-order valence-electron chi connectivity index (χ1n) is 6.38. The molecule has 0 unspecified atom stereocenters. The highest BCUT2D eigenvalue weighted by molar-refractivity contribution is 7.17. The van der Waals surface area contributed by atoms with E-state index < -0.39 is 17.4 Å². The molecule has 1 amide bonds. The summed E-state index contributed by atoms with van der Waals surface area (Å²) in [6.45, 7) is 1.33. The number of aryl methyl sites for hydroxylation is 1. The fraction of sp³-hybridized carbons (Fsp3) is 0.154. The molecule has 8 nitrogen and oxygen atoms in total. The minimum absolute atomic E-state index is 0.0233. The maximum absolute atomic E-state index is 12.5. The van der Waals surface area contributed by atoms with Gasteiger partial charge in [0.15, 0.2) is 5.13 Å². The summed E-state index contributed by atoms with van der Waals surface area (Å²) in [7, 11) is 0. The Hall–Kier alpha value is -2.59. The van der Waals surface area contributed by atoms with Gasteiger partial charge in [0.25, 0.3) is 5.56 Å². The van der Waals surface area contributed by atoms with E-state index in [-0.39, 0.29) is 17.5 Å². The molecular weight excluding hydrogens is 340 g/mol. The SMILES string of the molecule is Cc1nc2scc(C(=O)O)c2c(=O)n1CC(=O)Nc1nccs1. The van der Waals surface area contributed by atoms with Crippen molar-refractivity contribution in [1.29, 1.82) is 0 Å². The first-order valence-corrected chi connectivity index (χ1v) is 8.14. The number of thiazole rings is 1. The van der Waals surface area contributed by atoms with Crippen LogP contribution in [-0.2, 0) is 11.3 Å². The maximum Gasteiger partial charge on any atom is 0.337 e. The molecule has 3 aromatic heterocycles. The highest BCUT2D eigenvalue weighted by Crippen LogP contribution is 2.21. The lowest BCUT2D eigenvalue weighted by Crippen LogP contribution is -2.30. The number of anilines is 1. The maximum atomic E-state index is 12.5. The molecule has 2 N–H and O–H groups in total. The summed E-state index contributed by atoms with van der Waals surface area (Å²) < 4.78 is 1.16. The second kappa shape index (κ2) is 5.89. The molecule has 10 heteroatoms. The zero-order chi connectivity index (χ0) is 16.6. The smallest absolute Gasteiger partial charge is 0.337 e. The van der Waals surface area contributed by atoms with Crippen LogP contribution < -0.4 is 10.9 Å². The van der Waals surface area contributed by atoms with E-state index in [9.17, 15) is 14.4 Å². The summed E-state index contributed by atoms with van der Waals surface area (Å²) >= 11 is 2.35. The number of aromatic nitrogens is 3. The van der Waals surface area contributed by atoms with Crippen LogP contribution in [0.1, 0.15) is 16.2 Å². The van der Waals surface area contributed by atoms with E-state index in [1.807, 2.05) is 0 Å². The zero-order valence-corrected chi connectivity index (χ0v) is 13.4. The number of rotatable bonds is 4. The van der Waals surface area contributed by atoms with Crippen molar-refractivity contribution in [3.63, 3.8) is 0 Å².